The standard InChI is InChI=1S/C17H20F3N3O2/c1-4-7-23-8-11(5-6-12(23)17(18,19)20)14-9(2)13(21)10(3)15(22-14)16(24)25/h5-6H,4,7-8H2,1-3H3,(H2,21,22)(H,24,25). The lowest BCUT2D eigenvalue weighted by atomic mass is 9.98. The molecule has 0 bridgehead atoms. The van der Waals surface area contributed by atoms with Crippen molar-refractivity contribution >= 4 is 17.2 Å². The van der Waals surface area contributed by atoms with Gasteiger partial charge in [0.05, 0.1) is 5.69 Å². The number of nitrogens with two attached hydrogens (primary N) is 1. The molecule has 5 nitrogen and oxygen atoms in total. The molecule has 8 heteroatoms. The maximum atomic E-state index is 13.2. The van der Waals surface area contributed by atoms with Crippen LogP contribution < -0.4 is 5.73 Å². The van der Waals surface area contributed by atoms with E-state index in [0.29, 0.717) is 28.8 Å². The zero-order valence-electron chi connectivity index (χ0n) is 14.2. The summed E-state index contributed by atoms with van der Waals surface area (Å²) in [7, 11) is 0. The lowest BCUT2D eigenvalue weighted by Crippen LogP contribution is -2.35. The van der Waals surface area contributed by atoms with Gasteiger partial charge in [-0.2, -0.15) is 13.2 Å². The van der Waals surface area contributed by atoms with Gasteiger partial charge >= 0.3 is 12.1 Å². The van der Waals surface area contributed by atoms with Crippen LogP contribution in [0.15, 0.2) is 17.8 Å². The Morgan fingerprint density at radius 1 is 1.32 bits per heavy atom. The van der Waals surface area contributed by atoms with Crippen LogP contribution in [0, 0.1) is 13.8 Å². The minimum Gasteiger partial charge on any atom is -0.477 e. The first kappa shape index (κ1) is 18.8. The molecule has 0 aliphatic carbocycles. The topological polar surface area (TPSA) is 79.5 Å². The second-order valence-corrected chi connectivity index (χ2v) is 5.94. The summed E-state index contributed by atoms with van der Waals surface area (Å²) in [6, 6.07) is 0. The van der Waals surface area contributed by atoms with E-state index in [0.717, 1.165) is 6.08 Å². The van der Waals surface area contributed by atoms with Crippen LogP contribution in [0.2, 0.25) is 0 Å². The van der Waals surface area contributed by atoms with E-state index in [1.807, 2.05) is 0 Å². The van der Waals surface area contributed by atoms with Gasteiger partial charge in [0.25, 0.3) is 0 Å². The predicted molar refractivity (Wildman–Crippen MR) is 89.1 cm³/mol. The zero-order valence-corrected chi connectivity index (χ0v) is 14.2. The molecule has 136 valence electrons. The highest BCUT2D eigenvalue weighted by Crippen LogP contribution is 2.35. The second-order valence-electron chi connectivity index (χ2n) is 5.94. The van der Waals surface area contributed by atoms with Crippen LogP contribution in [0.5, 0.6) is 0 Å². The molecule has 0 aromatic carbocycles. The van der Waals surface area contributed by atoms with E-state index >= 15 is 0 Å². The van der Waals surface area contributed by atoms with Crippen molar-refractivity contribution in [3.05, 3.63) is 40.4 Å². The monoisotopic (exact) mass is 355 g/mol. The SMILES string of the molecule is CCCN1CC(c2nc(C(=O)O)c(C)c(N)c2C)=CC=C1C(F)(F)F. The van der Waals surface area contributed by atoms with E-state index in [-0.39, 0.29) is 24.5 Å². The van der Waals surface area contributed by atoms with Crippen LogP contribution in [0.3, 0.4) is 0 Å². The average molecular weight is 355 g/mol. The van der Waals surface area contributed by atoms with Gasteiger partial charge in [-0.05, 0) is 37.5 Å². The summed E-state index contributed by atoms with van der Waals surface area (Å²) >= 11 is 0. The largest absolute Gasteiger partial charge is 0.477 e. The van der Waals surface area contributed by atoms with Crippen molar-refractivity contribution in [2.45, 2.75) is 33.4 Å². The molecule has 0 fully saturated rings. The fourth-order valence-corrected chi connectivity index (χ4v) is 2.86. The average Bonchev–Trinajstić information content (AvgIpc) is 2.51. The van der Waals surface area contributed by atoms with Crippen LogP contribution >= 0.6 is 0 Å². The second kappa shape index (κ2) is 6.78. The smallest absolute Gasteiger partial charge is 0.431 e. The first-order valence-electron chi connectivity index (χ1n) is 7.81. The van der Waals surface area contributed by atoms with Gasteiger partial charge in [-0.15, -0.1) is 0 Å². The van der Waals surface area contributed by atoms with Crippen molar-refractivity contribution in [1.29, 1.82) is 0 Å². The van der Waals surface area contributed by atoms with Crippen LogP contribution in [-0.2, 0) is 0 Å². The van der Waals surface area contributed by atoms with E-state index in [1.54, 1.807) is 20.8 Å². The maximum Gasteiger partial charge on any atom is 0.431 e. The molecule has 1 aromatic heterocycles. The van der Waals surface area contributed by atoms with Gasteiger partial charge in [0, 0.05) is 24.3 Å². The number of nitrogen functional groups attached to an aromatic ring is 1. The predicted octanol–water partition coefficient (Wildman–Crippen LogP) is 3.53. The van der Waals surface area contributed by atoms with Crippen LogP contribution in [0.4, 0.5) is 18.9 Å². The summed E-state index contributed by atoms with van der Waals surface area (Å²) in [5.74, 6) is -1.22. The fraction of sp³-hybridized carbons (Fsp3) is 0.412. The first-order chi connectivity index (χ1) is 11.6. The van der Waals surface area contributed by atoms with E-state index in [4.69, 9.17) is 5.73 Å². The van der Waals surface area contributed by atoms with Gasteiger partial charge in [-0.25, -0.2) is 9.78 Å². The van der Waals surface area contributed by atoms with Gasteiger partial charge in [-0.3, -0.25) is 0 Å². The number of hydrogen-bond donors (Lipinski definition) is 2. The number of carboxylic acid groups (broad SMARTS) is 1. The number of halogens is 3. The van der Waals surface area contributed by atoms with Crippen LogP contribution in [0.25, 0.3) is 5.57 Å². The molecule has 0 saturated heterocycles. The first-order valence-corrected chi connectivity index (χ1v) is 7.81. The molecule has 0 radical (unpaired) electrons. The molecule has 1 aliphatic heterocycles. The van der Waals surface area contributed by atoms with Crippen LogP contribution in [-0.4, -0.2) is 40.2 Å². The molecule has 0 unspecified atom stereocenters. The lowest BCUT2D eigenvalue weighted by Gasteiger charge is -2.32. The summed E-state index contributed by atoms with van der Waals surface area (Å²) in [6.07, 6.45) is -1.56. The number of pyridine rings is 1. The third-order valence-electron chi connectivity index (χ3n) is 4.18. The molecule has 1 aromatic rings. The highest BCUT2D eigenvalue weighted by molar-refractivity contribution is 5.90. The number of nitrogens with zero attached hydrogens (tertiary/aromatic N) is 2. The number of allylic oxidation sites excluding steroid dienone is 3. The minimum atomic E-state index is -4.45. The summed E-state index contributed by atoms with van der Waals surface area (Å²) in [6.45, 7) is 5.26. The zero-order chi connectivity index (χ0) is 18.9. The van der Waals surface area contributed by atoms with Gasteiger partial charge in [0.1, 0.15) is 5.70 Å². The van der Waals surface area contributed by atoms with Gasteiger partial charge in [0.2, 0.25) is 0 Å². The van der Waals surface area contributed by atoms with Crippen molar-refractivity contribution in [3.63, 3.8) is 0 Å². The van der Waals surface area contributed by atoms with E-state index < -0.39 is 17.8 Å². The Morgan fingerprint density at radius 3 is 2.48 bits per heavy atom. The molecular weight excluding hydrogens is 335 g/mol. The van der Waals surface area contributed by atoms with Crippen molar-refractivity contribution in [2.24, 2.45) is 0 Å². The summed E-state index contributed by atoms with van der Waals surface area (Å²) in [5.41, 5.74) is 7.10. The quantitative estimate of drug-likeness (QED) is 0.864. The Kier molecular flexibility index (Phi) is 5.10. The molecule has 25 heavy (non-hydrogen) atoms. The molecule has 0 spiro atoms. The number of carboxylic acids is 1. The number of rotatable bonds is 4. The summed E-state index contributed by atoms with van der Waals surface area (Å²) < 4.78 is 39.5. The Hall–Kier alpha value is -2.51. The number of alkyl halides is 3. The minimum absolute atomic E-state index is 0.00537. The van der Waals surface area contributed by atoms with E-state index in [2.05, 4.69) is 4.98 Å². The van der Waals surface area contributed by atoms with Crippen molar-refractivity contribution in [1.82, 2.24) is 9.88 Å². The molecule has 0 saturated carbocycles. The molecule has 3 N–H and O–H groups in total. The van der Waals surface area contributed by atoms with Crippen molar-refractivity contribution < 1.29 is 23.1 Å². The van der Waals surface area contributed by atoms with E-state index in [1.165, 1.54) is 11.0 Å². The Balaban J connectivity index is 2.57. The van der Waals surface area contributed by atoms with Crippen molar-refractivity contribution in [3.8, 4) is 0 Å². The molecule has 0 amide bonds. The van der Waals surface area contributed by atoms with Gasteiger partial charge in [0.15, 0.2) is 5.69 Å². The molecule has 0 atom stereocenters. The highest BCUT2D eigenvalue weighted by atomic mass is 19.4. The highest BCUT2D eigenvalue weighted by Gasteiger charge is 2.38. The maximum absolute atomic E-state index is 13.2. The summed E-state index contributed by atoms with van der Waals surface area (Å²) in [5, 5.41) is 9.28. The van der Waals surface area contributed by atoms with Gasteiger partial charge in [-0.1, -0.05) is 13.0 Å². The third kappa shape index (κ3) is 3.62. The number of hydrogen-bond acceptors (Lipinski definition) is 4. The Labute approximate surface area is 143 Å². The van der Waals surface area contributed by atoms with Crippen LogP contribution in [0.1, 0.15) is 40.7 Å². The third-order valence-corrected chi connectivity index (χ3v) is 4.18. The molecule has 2 rings (SSSR count). The number of carbonyl (C=O) groups is 1. The van der Waals surface area contributed by atoms with Crippen molar-refractivity contribution in [2.75, 3.05) is 18.8 Å². The Bertz CT molecular complexity index is 767. The summed E-state index contributed by atoms with van der Waals surface area (Å²) in [4.78, 5) is 16.7. The number of aromatic nitrogens is 1. The van der Waals surface area contributed by atoms with E-state index in [9.17, 15) is 23.1 Å². The molecule has 1 aliphatic rings. The lowest BCUT2D eigenvalue weighted by molar-refractivity contribution is -0.110. The molecular formula is C17H20F3N3O2. The number of aromatic carboxylic acids is 1. The van der Waals surface area contributed by atoms with Gasteiger partial charge < -0.3 is 15.7 Å². The molecule has 2 heterocycles. The normalized spacial score (nSPS) is 15.0. The number of anilines is 1. The fourth-order valence-electron chi connectivity index (χ4n) is 2.86. The Morgan fingerprint density at radius 2 is 1.96 bits per heavy atom.